The Hall–Kier alpha value is -1.10. The number of carboxylic acid groups (broad SMARTS) is 1. The highest BCUT2D eigenvalue weighted by Gasteiger charge is 2.36. The van der Waals surface area contributed by atoms with Crippen LogP contribution in [-0.2, 0) is 9.59 Å². The molecule has 0 unspecified atom stereocenters. The summed E-state index contributed by atoms with van der Waals surface area (Å²) in [7, 11) is 0. The number of nitrogens with one attached hydrogen (secondary N) is 1. The molecule has 1 amide bonds. The Morgan fingerprint density at radius 1 is 1.41 bits per heavy atom. The first kappa shape index (κ1) is 14.0. The highest BCUT2D eigenvalue weighted by molar-refractivity contribution is 5.87. The van der Waals surface area contributed by atoms with Crippen LogP contribution >= 0.6 is 0 Å². The van der Waals surface area contributed by atoms with E-state index in [0.717, 1.165) is 6.42 Å². The maximum atomic E-state index is 12.1. The molecular formula is C12H22N2O3. The zero-order valence-electron chi connectivity index (χ0n) is 11.0. The SMILES string of the molecule is C[C@H](NC(C)(C)C)C(=O)N1CCC[C@H]1C(=O)O. The van der Waals surface area contributed by atoms with Gasteiger partial charge in [0.15, 0.2) is 0 Å². The Balaban J connectivity index is 2.66. The summed E-state index contributed by atoms with van der Waals surface area (Å²) in [5.41, 5.74) is -0.159. The van der Waals surface area contributed by atoms with Crippen molar-refractivity contribution in [1.29, 1.82) is 0 Å². The lowest BCUT2D eigenvalue weighted by Gasteiger charge is -2.30. The minimum Gasteiger partial charge on any atom is -0.480 e. The van der Waals surface area contributed by atoms with Crippen LogP contribution in [-0.4, -0.2) is 46.1 Å². The predicted molar refractivity (Wildman–Crippen MR) is 64.7 cm³/mol. The van der Waals surface area contributed by atoms with Crippen molar-refractivity contribution in [3.63, 3.8) is 0 Å². The van der Waals surface area contributed by atoms with E-state index in [1.165, 1.54) is 4.90 Å². The zero-order valence-corrected chi connectivity index (χ0v) is 11.0. The lowest BCUT2D eigenvalue weighted by atomic mass is 10.1. The molecule has 0 aromatic rings. The summed E-state index contributed by atoms with van der Waals surface area (Å²) in [6, 6.07) is -0.998. The molecule has 1 rings (SSSR count). The van der Waals surface area contributed by atoms with Crippen LogP contribution in [0.4, 0.5) is 0 Å². The molecule has 1 fully saturated rings. The minimum absolute atomic E-state index is 0.121. The van der Waals surface area contributed by atoms with Gasteiger partial charge in [-0.25, -0.2) is 4.79 Å². The molecule has 17 heavy (non-hydrogen) atoms. The Morgan fingerprint density at radius 2 is 2.00 bits per heavy atom. The number of carbonyl (C=O) groups is 2. The van der Waals surface area contributed by atoms with Crippen molar-refractivity contribution in [2.45, 2.75) is 58.2 Å². The number of hydrogen-bond donors (Lipinski definition) is 2. The first-order valence-electron chi connectivity index (χ1n) is 6.03. The van der Waals surface area contributed by atoms with Gasteiger partial charge in [-0.1, -0.05) is 0 Å². The van der Waals surface area contributed by atoms with Crippen molar-refractivity contribution in [3.05, 3.63) is 0 Å². The number of aliphatic carboxylic acids is 1. The summed E-state index contributed by atoms with van der Waals surface area (Å²) in [5.74, 6) is -1.02. The number of hydrogen-bond acceptors (Lipinski definition) is 3. The van der Waals surface area contributed by atoms with Gasteiger partial charge in [-0.05, 0) is 40.5 Å². The largest absolute Gasteiger partial charge is 0.480 e. The van der Waals surface area contributed by atoms with Gasteiger partial charge in [0.2, 0.25) is 5.91 Å². The number of carbonyl (C=O) groups excluding carboxylic acids is 1. The third-order valence-electron chi connectivity index (χ3n) is 2.84. The molecule has 2 N–H and O–H groups in total. The second-order valence-corrected chi connectivity index (χ2v) is 5.64. The quantitative estimate of drug-likeness (QED) is 0.769. The number of amides is 1. The summed E-state index contributed by atoms with van der Waals surface area (Å²) in [4.78, 5) is 24.6. The molecular weight excluding hydrogens is 220 g/mol. The summed E-state index contributed by atoms with van der Waals surface area (Å²) < 4.78 is 0. The summed E-state index contributed by atoms with van der Waals surface area (Å²) in [5, 5.41) is 12.2. The smallest absolute Gasteiger partial charge is 0.326 e. The van der Waals surface area contributed by atoms with Crippen LogP contribution in [0.15, 0.2) is 0 Å². The molecule has 0 spiro atoms. The first-order valence-corrected chi connectivity index (χ1v) is 6.03. The van der Waals surface area contributed by atoms with Gasteiger partial charge in [-0.2, -0.15) is 0 Å². The number of carboxylic acids is 1. The Morgan fingerprint density at radius 3 is 2.47 bits per heavy atom. The van der Waals surface area contributed by atoms with E-state index in [1.807, 2.05) is 20.8 Å². The molecule has 98 valence electrons. The molecule has 0 bridgehead atoms. The lowest BCUT2D eigenvalue weighted by Crippen LogP contribution is -2.53. The molecule has 1 aliphatic heterocycles. The third-order valence-corrected chi connectivity index (χ3v) is 2.84. The summed E-state index contributed by atoms with van der Waals surface area (Å²) >= 11 is 0. The van der Waals surface area contributed by atoms with E-state index >= 15 is 0 Å². The van der Waals surface area contributed by atoms with E-state index < -0.39 is 12.0 Å². The van der Waals surface area contributed by atoms with Crippen molar-refractivity contribution >= 4 is 11.9 Å². The fourth-order valence-corrected chi connectivity index (χ4v) is 2.25. The first-order chi connectivity index (χ1) is 7.72. The molecule has 0 radical (unpaired) electrons. The van der Waals surface area contributed by atoms with Crippen LogP contribution in [0.1, 0.15) is 40.5 Å². The fourth-order valence-electron chi connectivity index (χ4n) is 2.25. The Labute approximate surface area is 102 Å². The van der Waals surface area contributed by atoms with E-state index in [-0.39, 0.29) is 17.5 Å². The molecule has 5 nitrogen and oxygen atoms in total. The van der Waals surface area contributed by atoms with E-state index in [2.05, 4.69) is 5.32 Å². The van der Waals surface area contributed by atoms with Crippen LogP contribution in [0.25, 0.3) is 0 Å². The van der Waals surface area contributed by atoms with Gasteiger partial charge in [-0.3, -0.25) is 4.79 Å². The van der Waals surface area contributed by atoms with Crippen LogP contribution < -0.4 is 5.32 Å². The van der Waals surface area contributed by atoms with Gasteiger partial charge in [-0.15, -0.1) is 0 Å². The number of rotatable bonds is 3. The zero-order chi connectivity index (χ0) is 13.2. The summed E-state index contributed by atoms with van der Waals surface area (Å²) in [6.07, 6.45) is 1.33. The molecule has 2 atom stereocenters. The second kappa shape index (κ2) is 5.04. The molecule has 1 heterocycles. The number of likely N-dealkylation sites (tertiary alicyclic amines) is 1. The summed E-state index contributed by atoms with van der Waals surface area (Å²) in [6.45, 7) is 8.27. The topological polar surface area (TPSA) is 69.6 Å². The van der Waals surface area contributed by atoms with Crippen molar-refractivity contribution in [3.8, 4) is 0 Å². The lowest BCUT2D eigenvalue weighted by molar-refractivity contribution is -0.149. The fraction of sp³-hybridized carbons (Fsp3) is 0.833. The van der Waals surface area contributed by atoms with Crippen molar-refractivity contribution in [2.24, 2.45) is 0 Å². The molecule has 1 saturated heterocycles. The third kappa shape index (κ3) is 3.70. The van der Waals surface area contributed by atoms with Gasteiger partial charge < -0.3 is 15.3 Å². The van der Waals surface area contributed by atoms with E-state index in [1.54, 1.807) is 6.92 Å². The standard InChI is InChI=1S/C12H22N2O3/c1-8(13-12(2,3)4)10(15)14-7-5-6-9(14)11(16)17/h8-9,13H,5-7H2,1-4H3,(H,16,17)/t8-,9-/m0/s1. The normalized spacial score (nSPS) is 22.6. The average molecular weight is 242 g/mol. The van der Waals surface area contributed by atoms with Gasteiger partial charge in [0.05, 0.1) is 6.04 Å². The van der Waals surface area contributed by atoms with Crippen LogP contribution in [0.3, 0.4) is 0 Å². The van der Waals surface area contributed by atoms with Crippen molar-refractivity contribution in [2.75, 3.05) is 6.54 Å². The monoisotopic (exact) mass is 242 g/mol. The maximum Gasteiger partial charge on any atom is 0.326 e. The highest BCUT2D eigenvalue weighted by atomic mass is 16.4. The van der Waals surface area contributed by atoms with E-state index in [9.17, 15) is 9.59 Å². The second-order valence-electron chi connectivity index (χ2n) is 5.64. The van der Waals surface area contributed by atoms with Gasteiger partial charge in [0, 0.05) is 12.1 Å². The molecule has 5 heteroatoms. The van der Waals surface area contributed by atoms with Gasteiger partial charge >= 0.3 is 5.97 Å². The minimum atomic E-state index is -0.904. The number of nitrogens with zero attached hydrogens (tertiary/aromatic N) is 1. The Bertz CT molecular complexity index is 309. The van der Waals surface area contributed by atoms with Crippen molar-refractivity contribution in [1.82, 2.24) is 10.2 Å². The van der Waals surface area contributed by atoms with Crippen molar-refractivity contribution < 1.29 is 14.7 Å². The predicted octanol–water partition coefficient (Wildman–Crippen LogP) is 0.839. The highest BCUT2D eigenvalue weighted by Crippen LogP contribution is 2.18. The average Bonchev–Trinajstić information content (AvgIpc) is 2.61. The van der Waals surface area contributed by atoms with Crippen LogP contribution in [0, 0.1) is 0 Å². The maximum absolute atomic E-state index is 12.1. The molecule has 0 aromatic heterocycles. The van der Waals surface area contributed by atoms with E-state index in [4.69, 9.17) is 5.11 Å². The van der Waals surface area contributed by atoms with Gasteiger partial charge in [0.25, 0.3) is 0 Å². The molecule has 0 saturated carbocycles. The molecule has 1 aliphatic rings. The van der Waals surface area contributed by atoms with E-state index in [0.29, 0.717) is 13.0 Å². The van der Waals surface area contributed by atoms with Crippen LogP contribution in [0.2, 0.25) is 0 Å². The molecule has 0 aliphatic carbocycles. The van der Waals surface area contributed by atoms with Gasteiger partial charge in [0.1, 0.15) is 6.04 Å². The Kier molecular flexibility index (Phi) is 4.14. The molecule has 0 aromatic carbocycles. The van der Waals surface area contributed by atoms with Crippen LogP contribution in [0.5, 0.6) is 0 Å².